The Hall–Kier alpha value is -3.75. The maximum atomic E-state index is 13.4. The summed E-state index contributed by atoms with van der Waals surface area (Å²) >= 11 is 0. The number of fused-ring (bicyclic) bond motifs is 1. The maximum Gasteiger partial charge on any atom is 0.229 e. The van der Waals surface area contributed by atoms with Gasteiger partial charge in [0.2, 0.25) is 17.5 Å². The molecule has 1 fully saturated rings. The Morgan fingerprint density at radius 3 is 2.19 bits per heavy atom. The fraction of sp³-hybridized carbons (Fsp3) is 0.375. The molecule has 0 aliphatic carbocycles. The summed E-state index contributed by atoms with van der Waals surface area (Å²) in [6, 6.07) is 3.83. The number of aliphatic hydroxyl groups is 4. The molecule has 0 radical (unpaired) electrons. The van der Waals surface area contributed by atoms with Crippen LogP contribution in [0.4, 0.5) is 0 Å². The van der Waals surface area contributed by atoms with Crippen LogP contribution in [0.5, 0.6) is 34.5 Å². The van der Waals surface area contributed by atoms with Crippen molar-refractivity contribution < 1.29 is 58.7 Å². The molecule has 0 unspecified atom stereocenters. The first-order chi connectivity index (χ1) is 17.7. The van der Waals surface area contributed by atoms with Crippen molar-refractivity contribution in [3.63, 3.8) is 0 Å². The summed E-state index contributed by atoms with van der Waals surface area (Å²) in [6.45, 7) is -0.674. The molecule has 3 aromatic rings. The predicted molar refractivity (Wildman–Crippen MR) is 125 cm³/mol. The molecule has 0 saturated carbocycles. The molecule has 1 aliphatic rings. The van der Waals surface area contributed by atoms with Crippen molar-refractivity contribution in [2.24, 2.45) is 0 Å². The monoisotopic (exact) mass is 522 g/mol. The van der Waals surface area contributed by atoms with Gasteiger partial charge in [0.05, 0.1) is 33.5 Å². The van der Waals surface area contributed by atoms with E-state index in [9.17, 15) is 35.4 Å². The van der Waals surface area contributed by atoms with E-state index in [2.05, 4.69) is 0 Å². The first-order valence-corrected chi connectivity index (χ1v) is 10.9. The summed E-state index contributed by atoms with van der Waals surface area (Å²) in [6.07, 6.45) is -6.76. The smallest absolute Gasteiger partial charge is 0.229 e. The molecule has 0 bridgehead atoms. The van der Waals surface area contributed by atoms with Crippen LogP contribution in [0, 0.1) is 0 Å². The van der Waals surface area contributed by atoms with E-state index in [4.69, 9.17) is 28.1 Å². The highest BCUT2D eigenvalue weighted by atomic mass is 16.7. The average molecular weight is 522 g/mol. The van der Waals surface area contributed by atoms with Gasteiger partial charge in [-0.15, -0.1) is 0 Å². The number of rotatable bonds is 7. The van der Waals surface area contributed by atoms with Gasteiger partial charge in [-0.3, -0.25) is 4.79 Å². The second-order valence-corrected chi connectivity index (χ2v) is 8.15. The summed E-state index contributed by atoms with van der Waals surface area (Å²) < 4.78 is 32.1. The van der Waals surface area contributed by atoms with Crippen molar-refractivity contribution >= 4 is 11.0 Å². The van der Waals surface area contributed by atoms with Gasteiger partial charge in [0.25, 0.3) is 0 Å². The third-order valence-corrected chi connectivity index (χ3v) is 6.05. The maximum absolute atomic E-state index is 13.4. The van der Waals surface area contributed by atoms with E-state index in [1.165, 1.54) is 39.5 Å². The van der Waals surface area contributed by atoms with Crippen molar-refractivity contribution in [3.8, 4) is 45.6 Å². The van der Waals surface area contributed by atoms with Gasteiger partial charge in [0.1, 0.15) is 47.4 Å². The normalized spacial score (nSPS) is 23.6. The lowest BCUT2D eigenvalue weighted by Crippen LogP contribution is -2.60. The van der Waals surface area contributed by atoms with Crippen molar-refractivity contribution in [2.45, 2.75) is 30.7 Å². The number of aromatic hydroxyl groups is 2. The molecule has 2 heterocycles. The molecule has 2 aromatic carbocycles. The molecule has 6 N–H and O–H groups in total. The molecule has 1 saturated heterocycles. The molecular formula is C24H26O13. The fourth-order valence-electron chi connectivity index (χ4n) is 4.08. The minimum atomic E-state index is -1.73. The number of ether oxygens (including phenoxy) is 5. The van der Waals surface area contributed by atoms with Crippen LogP contribution < -0.4 is 24.4 Å². The number of phenols is 2. The lowest BCUT2D eigenvalue weighted by Gasteiger charge is -2.39. The number of benzene rings is 2. The van der Waals surface area contributed by atoms with E-state index in [0.29, 0.717) is 0 Å². The molecular weight excluding hydrogens is 496 g/mol. The summed E-state index contributed by atoms with van der Waals surface area (Å²) in [4.78, 5) is 13.4. The molecule has 5 atom stereocenters. The lowest BCUT2D eigenvalue weighted by molar-refractivity contribution is -0.277. The number of phenolic OH excluding ortho intramolecular Hbond substituents is 2. The average Bonchev–Trinajstić information content (AvgIpc) is 2.89. The van der Waals surface area contributed by atoms with Crippen molar-refractivity contribution in [3.05, 3.63) is 34.7 Å². The molecule has 37 heavy (non-hydrogen) atoms. The second kappa shape index (κ2) is 10.3. The standard InChI is InChI=1S/C24H26O13/c1-32-12-5-13(33-2)11(26)4-9(12)10-8-35-14-6-15(23(34-3)20(29)17(14)18(10)27)36-24-22(31)21(30)19(28)16(7-25)37-24/h4-6,8,16,19,21-22,24-26,28-31H,7H2,1-3H3/t16-,19+,21+,22-,24+/m0/s1. The zero-order chi connectivity index (χ0) is 27.0. The summed E-state index contributed by atoms with van der Waals surface area (Å²) in [5.41, 5.74) is -0.721. The van der Waals surface area contributed by atoms with Crippen LogP contribution >= 0.6 is 0 Å². The molecule has 1 aromatic heterocycles. The number of hydrogen-bond acceptors (Lipinski definition) is 13. The van der Waals surface area contributed by atoms with E-state index in [0.717, 1.165) is 6.26 Å². The SMILES string of the molecule is COc1cc(OC)c(-c2coc3cc(O[C@@H]4O[C@@H](CO)[C@@H](O)[C@@H](O)[C@@H]4O)c(OC)c(O)c3c2=O)cc1O. The van der Waals surface area contributed by atoms with Crippen LogP contribution in [-0.4, -0.2) is 89.3 Å². The minimum Gasteiger partial charge on any atom is -0.504 e. The van der Waals surface area contributed by atoms with Crippen LogP contribution in [0.15, 0.2) is 33.7 Å². The molecule has 200 valence electrons. The topological polar surface area (TPSA) is 198 Å². The molecule has 1 aliphatic heterocycles. The Balaban J connectivity index is 1.81. The van der Waals surface area contributed by atoms with Gasteiger partial charge in [-0.2, -0.15) is 0 Å². The zero-order valence-electron chi connectivity index (χ0n) is 19.9. The summed E-state index contributed by atoms with van der Waals surface area (Å²) in [5, 5.41) is 60.5. The quantitative estimate of drug-likeness (QED) is 0.244. The Morgan fingerprint density at radius 2 is 1.57 bits per heavy atom. The van der Waals surface area contributed by atoms with E-state index in [-0.39, 0.29) is 50.8 Å². The third-order valence-electron chi connectivity index (χ3n) is 6.05. The number of hydrogen-bond donors (Lipinski definition) is 6. The Kier molecular flexibility index (Phi) is 7.34. The largest absolute Gasteiger partial charge is 0.504 e. The highest BCUT2D eigenvalue weighted by Gasteiger charge is 2.45. The van der Waals surface area contributed by atoms with Gasteiger partial charge >= 0.3 is 0 Å². The molecule has 4 rings (SSSR count). The van der Waals surface area contributed by atoms with Crippen LogP contribution in [-0.2, 0) is 4.74 Å². The lowest BCUT2D eigenvalue weighted by atomic mass is 9.99. The van der Waals surface area contributed by atoms with Crippen molar-refractivity contribution in [1.29, 1.82) is 0 Å². The van der Waals surface area contributed by atoms with Crippen LogP contribution in [0.25, 0.3) is 22.1 Å². The van der Waals surface area contributed by atoms with Gasteiger partial charge in [0, 0.05) is 17.7 Å². The molecule has 0 spiro atoms. The van der Waals surface area contributed by atoms with Crippen LogP contribution in [0.2, 0.25) is 0 Å². The molecule has 13 heteroatoms. The second-order valence-electron chi connectivity index (χ2n) is 8.15. The zero-order valence-corrected chi connectivity index (χ0v) is 19.9. The van der Waals surface area contributed by atoms with E-state index < -0.39 is 48.5 Å². The fourth-order valence-corrected chi connectivity index (χ4v) is 4.08. The van der Waals surface area contributed by atoms with E-state index in [1.807, 2.05) is 0 Å². The highest BCUT2D eigenvalue weighted by Crippen LogP contribution is 2.44. The summed E-state index contributed by atoms with van der Waals surface area (Å²) in [7, 11) is 3.91. The third kappa shape index (κ3) is 4.47. The first-order valence-electron chi connectivity index (χ1n) is 10.9. The summed E-state index contributed by atoms with van der Waals surface area (Å²) in [5.74, 6) is -1.17. The Bertz CT molecular complexity index is 1350. The highest BCUT2D eigenvalue weighted by molar-refractivity contribution is 5.92. The number of aliphatic hydroxyl groups excluding tert-OH is 4. The molecule has 0 amide bonds. The van der Waals surface area contributed by atoms with Gasteiger partial charge in [-0.1, -0.05) is 0 Å². The van der Waals surface area contributed by atoms with Crippen LogP contribution in [0.1, 0.15) is 0 Å². The minimum absolute atomic E-state index is 0.0535. The van der Waals surface area contributed by atoms with Crippen molar-refractivity contribution in [1.82, 2.24) is 0 Å². The van der Waals surface area contributed by atoms with Crippen molar-refractivity contribution in [2.75, 3.05) is 27.9 Å². The van der Waals surface area contributed by atoms with Gasteiger partial charge in [-0.25, -0.2) is 0 Å². The molecule has 13 nitrogen and oxygen atoms in total. The van der Waals surface area contributed by atoms with Gasteiger partial charge < -0.3 is 58.7 Å². The van der Waals surface area contributed by atoms with E-state index >= 15 is 0 Å². The Morgan fingerprint density at radius 1 is 0.865 bits per heavy atom. The van der Waals surface area contributed by atoms with Crippen LogP contribution in [0.3, 0.4) is 0 Å². The number of methoxy groups -OCH3 is 3. The Labute approximate surface area is 209 Å². The van der Waals surface area contributed by atoms with Gasteiger partial charge in [-0.05, 0) is 6.07 Å². The van der Waals surface area contributed by atoms with Gasteiger partial charge in [0.15, 0.2) is 23.0 Å². The first kappa shape index (κ1) is 26.3. The predicted octanol–water partition coefficient (Wildman–Crippen LogP) is 0.0757. The van der Waals surface area contributed by atoms with E-state index in [1.54, 1.807) is 0 Å².